The van der Waals surface area contributed by atoms with E-state index >= 15 is 0 Å². The number of amides is 1. The molecular formula is C23H39NO3. The summed E-state index contributed by atoms with van der Waals surface area (Å²) in [7, 11) is 0. The van der Waals surface area contributed by atoms with Crippen LogP contribution in [0.5, 0.6) is 5.75 Å². The SMILES string of the molecule is CCOC(CC(C)C)(CC(C)C)C(=O)Nc1ccc(OC(C)CC)c(C)c1. The van der Waals surface area contributed by atoms with Crippen LogP contribution in [0.3, 0.4) is 0 Å². The Morgan fingerprint density at radius 2 is 1.67 bits per heavy atom. The van der Waals surface area contributed by atoms with Gasteiger partial charge in [-0.3, -0.25) is 4.79 Å². The molecule has 0 saturated carbocycles. The van der Waals surface area contributed by atoms with Gasteiger partial charge in [0.05, 0.1) is 6.10 Å². The number of carbonyl (C=O) groups excluding carboxylic acids is 1. The van der Waals surface area contributed by atoms with Crippen molar-refractivity contribution < 1.29 is 14.3 Å². The Balaban J connectivity index is 3.04. The normalized spacial score (nSPS) is 13.1. The third-order valence-electron chi connectivity index (χ3n) is 4.65. The van der Waals surface area contributed by atoms with Gasteiger partial charge < -0.3 is 14.8 Å². The molecule has 0 saturated heterocycles. The molecule has 1 atom stereocenters. The van der Waals surface area contributed by atoms with Crippen molar-refractivity contribution in [3.05, 3.63) is 23.8 Å². The van der Waals surface area contributed by atoms with Gasteiger partial charge in [0.15, 0.2) is 0 Å². The summed E-state index contributed by atoms with van der Waals surface area (Å²) in [5.41, 5.74) is 1.00. The molecular weight excluding hydrogens is 338 g/mol. The summed E-state index contributed by atoms with van der Waals surface area (Å²) in [6.45, 7) is 17.2. The number of carbonyl (C=O) groups is 1. The maximum atomic E-state index is 13.2. The molecule has 0 fully saturated rings. The number of aryl methyl sites for hydroxylation is 1. The highest BCUT2D eigenvalue weighted by atomic mass is 16.5. The van der Waals surface area contributed by atoms with Crippen LogP contribution in [0.15, 0.2) is 18.2 Å². The quantitative estimate of drug-likeness (QED) is 0.516. The highest BCUT2D eigenvalue weighted by molar-refractivity contribution is 5.97. The highest BCUT2D eigenvalue weighted by Crippen LogP contribution is 2.31. The largest absolute Gasteiger partial charge is 0.490 e. The Kier molecular flexibility index (Phi) is 9.31. The molecule has 1 amide bonds. The van der Waals surface area contributed by atoms with Gasteiger partial charge in [0.25, 0.3) is 5.91 Å². The fourth-order valence-corrected chi connectivity index (χ4v) is 3.45. The molecule has 0 aliphatic carbocycles. The number of hydrogen-bond donors (Lipinski definition) is 1. The summed E-state index contributed by atoms with van der Waals surface area (Å²) in [4.78, 5) is 13.2. The molecule has 1 rings (SSSR count). The van der Waals surface area contributed by atoms with Crippen LogP contribution in [-0.4, -0.2) is 24.2 Å². The zero-order valence-corrected chi connectivity index (χ0v) is 18.5. The highest BCUT2D eigenvalue weighted by Gasteiger charge is 2.40. The van der Waals surface area contributed by atoms with Crippen molar-refractivity contribution in [3.63, 3.8) is 0 Å². The van der Waals surface area contributed by atoms with Crippen molar-refractivity contribution in [2.75, 3.05) is 11.9 Å². The molecule has 0 heterocycles. The van der Waals surface area contributed by atoms with E-state index in [4.69, 9.17) is 9.47 Å². The third-order valence-corrected chi connectivity index (χ3v) is 4.65. The molecule has 1 N–H and O–H groups in total. The van der Waals surface area contributed by atoms with E-state index in [0.29, 0.717) is 31.3 Å². The minimum atomic E-state index is -0.795. The topological polar surface area (TPSA) is 47.6 Å². The van der Waals surface area contributed by atoms with Gasteiger partial charge in [-0.1, -0.05) is 34.6 Å². The lowest BCUT2D eigenvalue weighted by Crippen LogP contribution is -2.47. The fraction of sp³-hybridized carbons (Fsp3) is 0.696. The zero-order valence-electron chi connectivity index (χ0n) is 18.5. The van der Waals surface area contributed by atoms with Crippen molar-refractivity contribution in [3.8, 4) is 5.75 Å². The van der Waals surface area contributed by atoms with Gasteiger partial charge >= 0.3 is 0 Å². The molecule has 1 unspecified atom stereocenters. The Bertz CT molecular complexity index is 585. The molecule has 0 aliphatic rings. The van der Waals surface area contributed by atoms with Crippen molar-refractivity contribution in [2.24, 2.45) is 11.8 Å². The molecule has 0 spiro atoms. The van der Waals surface area contributed by atoms with Crippen LogP contribution in [0.1, 0.15) is 73.3 Å². The molecule has 1 aromatic carbocycles. The summed E-state index contributed by atoms with van der Waals surface area (Å²) in [5.74, 6) is 1.55. The first-order valence-corrected chi connectivity index (χ1v) is 10.4. The van der Waals surface area contributed by atoms with Crippen LogP contribution in [-0.2, 0) is 9.53 Å². The third kappa shape index (κ3) is 7.17. The van der Waals surface area contributed by atoms with Crippen molar-refractivity contribution >= 4 is 11.6 Å². The first-order valence-electron chi connectivity index (χ1n) is 10.4. The Labute approximate surface area is 166 Å². The monoisotopic (exact) mass is 377 g/mol. The number of rotatable bonds is 11. The maximum Gasteiger partial charge on any atom is 0.256 e. The average molecular weight is 378 g/mol. The van der Waals surface area contributed by atoms with Crippen LogP contribution < -0.4 is 10.1 Å². The van der Waals surface area contributed by atoms with E-state index < -0.39 is 5.60 Å². The fourth-order valence-electron chi connectivity index (χ4n) is 3.45. The summed E-state index contributed by atoms with van der Waals surface area (Å²) in [5, 5.41) is 3.09. The van der Waals surface area contributed by atoms with E-state index in [9.17, 15) is 4.79 Å². The number of benzene rings is 1. The van der Waals surface area contributed by atoms with Crippen molar-refractivity contribution in [2.45, 2.75) is 86.4 Å². The molecule has 1 aromatic rings. The average Bonchev–Trinajstić information content (AvgIpc) is 2.56. The number of anilines is 1. The van der Waals surface area contributed by atoms with Gasteiger partial charge in [0, 0.05) is 12.3 Å². The predicted octanol–water partition coefficient (Wildman–Crippen LogP) is 5.98. The van der Waals surface area contributed by atoms with Gasteiger partial charge in [0.2, 0.25) is 0 Å². The Hall–Kier alpha value is -1.55. The molecule has 0 bridgehead atoms. The smallest absolute Gasteiger partial charge is 0.256 e. The second kappa shape index (κ2) is 10.7. The first kappa shape index (κ1) is 23.5. The van der Waals surface area contributed by atoms with Crippen molar-refractivity contribution in [1.29, 1.82) is 0 Å². The molecule has 154 valence electrons. The molecule has 0 radical (unpaired) electrons. The van der Waals surface area contributed by atoms with Gasteiger partial charge in [-0.15, -0.1) is 0 Å². The van der Waals surface area contributed by atoms with E-state index in [1.54, 1.807) is 0 Å². The summed E-state index contributed by atoms with van der Waals surface area (Å²) >= 11 is 0. The van der Waals surface area contributed by atoms with Gasteiger partial charge in [-0.05, 0) is 75.6 Å². The molecule has 0 aromatic heterocycles. The van der Waals surface area contributed by atoms with E-state index in [1.165, 1.54) is 0 Å². The molecule has 27 heavy (non-hydrogen) atoms. The Morgan fingerprint density at radius 1 is 1.07 bits per heavy atom. The lowest BCUT2D eigenvalue weighted by atomic mass is 9.83. The first-order chi connectivity index (χ1) is 12.6. The van der Waals surface area contributed by atoms with Crippen LogP contribution in [0.2, 0.25) is 0 Å². The second-order valence-corrected chi connectivity index (χ2v) is 8.39. The minimum Gasteiger partial charge on any atom is -0.490 e. The van der Waals surface area contributed by atoms with Gasteiger partial charge in [0.1, 0.15) is 11.4 Å². The molecule has 4 nitrogen and oxygen atoms in total. The van der Waals surface area contributed by atoms with Crippen LogP contribution >= 0.6 is 0 Å². The summed E-state index contributed by atoms with van der Waals surface area (Å²) < 4.78 is 12.0. The Morgan fingerprint density at radius 3 is 2.11 bits per heavy atom. The molecule has 0 aliphatic heterocycles. The second-order valence-electron chi connectivity index (χ2n) is 8.39. The van der Waals surface area contributed by atoms with Crippen molar-refractivity contribution in [1.82, 2.24) is 0 Å². The van der Waals surface area contributed by atoms with E-state index in [-0.39, 0.29) is 12.0 Å². The van der Waals surface area contributed by atoms with E-state index in [2.05, 4.69) is 46.9 Å². The number of nitrogens with one attached hydrogen (secondary N) is 1. The predicted molar refractivity (Wildman–Crippen MR) is 113 cm³/mol. The minimum absolute atomic E-state index is 0.0539. The summed E-state index contributed by atoms with van der Waals surface area (Å²) in [6, 6.07) is 5.81. The molecule has 4 heteroatoms. The zero-order chi connectivity index (χ0) is 20.6. The standard InChI is InChI=1S/C23H39NO3/c1-9-19(8)27-21-12-11-20(13-18(21)7)24-22(25)23(26-10-2,14-16(3)4)15-17(5)6/h11-13,16-17,19H,9-10,14-15H2,1-8H3,(H,24,25). The van der Waals surface area contributed by atoms with E-state index in [1.807, 2.05) is 32.0 Å². The lowest BCUT2D eigenvalue weighted by molar-refractivity contribution is -0.146. The number of hydrogen-bond acceptors (Lipinski definition) is 3. The van der Waals surface area contributed by atoms with Gasteiger partial charge in [-0.2, -0.15) is 0 Å². The van der Waals surface area contributed by atoms with Crippen LogP contribution in [0.25, 0.3) is 0 Å². The van der Waals surface area contributed by atoms with Crippen LogP contribution in [0.4, 0.5) is 5.69 Å². The lowest BCUT2D eigenvalue weighted by Gasteiger charge is -2.35. The maximum absolute atomic E-state index is 13.2. The van der Waals surface area contributed by atoms with Gasteiger partial charge in [-0.25, -0.2) is 0 Å². The van der Waals surface area contributed by atoms with Crippen LogP contribution in [0, 0.1) is 18.8 Å². The van der Waals surface area contributed by atoms with E-state index in [0.717, 1.165) is 23.4 Å². The number of ether oxygens (including phenoxy) is 2. The summed E-state index contributed by atoms with van der Waals surface area (Å²) in [6.07, 6.45) is 2.55.